The lowest BCUT2D eigenvalue weighted by Gasteiger charge is -2.09. The second-order valence-corrected chi connectivity index (χ2v) is 6.97. The third-order valence-electron chi connectivity index (χ3n) is 3.99. The number of ether oxygens (including phenoxy) is 1. The van der Waals surface area contributed by atoms with Gasteiger partial charge in [-0.2, -0.15) is 5.26 Å². The molecular formula is C23H15BrN2O4. The van der Waals surface area contributed by atoms with Crippen molar-refractivity contribution in [3.63, 3.8) is 0 Å². The standard InChI is InChI=1S/C23H15BrN2O4/c24-19-6-1-2-7-21(19)30-18-10-8-15(9-11-18)13-20(23(28)29)26-22(27)17-5-3-4-16(12-17)14-25/h1-13H,(H,26,27)(H,28,29)/b20-13+. The molecule has 2 N–H and O–H groups in total. The lowest BCUT2D eigenvalue weighted by molar-refractivity contribution is -0.132. The average molecular weight is 463 g/mol. The molecule has 0 fully saturated rings. The number of rotatable bonds is 6. The van der Waals surface area contributed by atoms with Crippen LogP contribution in [-0.2, 0) is 4.79 Å². The van der Waals surface area contributed by atoms with Crippen LogP contribution in [0.3, 0.4) is 0 Å². The normalized spacial score (nSPS) is 10.7. The highest BCUT2D eigenvalue weighted by atomic mass is 79.9. The van der Waals surface area contributed by atoms with Crippen LogP contribution in [-0.4, -0.2) is 17.0 Å². The van der Waals surface area contributed by atoms with Gasteiger partial charge in [0.25, 0.3) is 5.91 Å². The summed E-state index contributed by atoms with van der Waals surface area (Å²) in [4.78, 5) is 23.9. The van der Waals surface area contributed by atoms with Gasteiger partial charge in [-0.1, -0.05) is 30.3 Å². The number of hydrogen-bond acceptors (Lipinski definition) is 4. The molecule has 0 spiro atoms. The van der Waals surface area contributed by atoms with Crippen LogP contribution in [0.15, 0.2) is 83.0 Å². The van der Waals surface area contributed by atoms with Crippen LogP contribution in [0.2, 0.25) is 0 Å². The Morgan fingerprint density at radius 1 is 1.03 bits per heavy atom. The Labute approximate surface area is 181 Å². The summed E-state index contributed by atoms with van der Waals surface area (Å²) in [6.45, 7) is 0. The number of para-hydroxylation sites is 1. The van der Waals surface area contributed by atoms with Crippen molar-refractivity contribution in [1.29, 1.82) is 5.26 Å². The highest BCUT2D eigenvalue weighted by Crippen LogP contribution is 2.29. The van der Waals surface area contributed by atoms with Gasteiger partial charge in [-0.3, -0.25) is 4.79 Å². The van der Waals surface area contributed by atoms with Gasteiger partial charge in [0.05, 0.1) is 16.1 Å². The highest BCUT2D eigenvalue weighted by molar-refractivity contribution is 9.10. The minimum atomic E-state index is -1.28. The summed E-state index contributed by atoms with van der Waals surface area (Å²) in [6, 6.07) is 22.1. The molecular weight excluding hydrogens is 448 g/mol. The van der Waals surface area contributed by atoms with Crippen LogP contribution in [0.5, 0.6) is 11.5 Å². The van der Waals surface area contributed by atoms with E-state index in [2.05, 4.69) is 21.2 Å². The first-order valence-electron chi connectivity index (χ1n) is 8.75. The Kier molecular flexibility index (Phi) is 6.63. The van der Waals surface area contributed by atoms with Crippen molar-refractivity contribution < 1.29 is 19.4 Å². The Hall–Kier alpha value is -3.89. The molecule has 0 atom stereocenters. The summed E-state index contributed by atoms with van der Waals surface area (Å²) in [5, 5.41) is 20.8. The lowest BCUT2D eigenvalue weighted by atomic mass is 10.1. The van der Waals surface area contributed by atoms with Crippen molar-refractivity contribution >= 4 is 33.9 Å². The maximum atomic E-state index is 12.4. The molecule has 148 valence electrons. The molecule has 0 saturated heterocycles. The molecule has 0 aliphatic rings. The summed E-state index contributed by atoms with van der Waals surface area (Å²) in [5.74, 6) is -0.671. The van der Waals surface area contributed by atoms with Crippen molar-refractivity contribution in [2.75, 3.05) is 0 Å². The maximum absolute atomic E-state index is 12.4. The van der Waals surface area contributed by atoms with Crippen molar-refractivity contribution in [2.24, 2.45) is 0 Å². The lowest BCUT2D eigenvalue weighted by Crippen LogP contribution is -2.27. The molecule has 7 heteroatoms. The van der Waals surface area contributed by atoms with Gasteiger partial charge in [0.1, 0.15) is 17.2 Å². The summed E-state index contributed by atoms with van der Waals surface area (Å²) >= 11 is 3.41. The first-order valence-corrected chi connectivity index (χ1v) is 9.54. The molecule has 0 saturated carbocycles. The highest BCUT2D eigenvalue weighted by Gasteiger charge is 2.14. The molecule has 30 heavy (non-hydrogen) atoms. The topological polar surface area (TPSA) is 99.4 Å². The largest absolute Gasteiger partial charge is 0.477 e. The van der Waals surface area contributed by atoms with E-state index in [1.807, 2.05) is 30.3 Å². The van der Waals surface area contributed by atoms with Crippen LogP contribution < -0.4 is 10.1 Å². The van der Waals surface area contributed by atoms with E-state index in [0.29, 0.717) is 22.6 Å². The van der Waals surface area contributed by atoms with Crippen LogP contribution >= 0.6 is 15.9 Å². The van der Waals surface area contributed by atoms with Gasteiger partial charge in [-0.25, -0.2) is 4.79 Å². The van der Waals surface area contributed by atoms with Crippen LogP contribution in [0, 0.1) is 11.3 Å². The Balaban J connectivity index is 1.76. The van der Waals surface area contributed by atoms with Crippen LogP contribution in [0.1, 0.15) is 21.5 Å². The van der Waals surface area contributed by atoms with E-state index in [0.717, 1.165) is 4.47 Å². The van der Waals surface area contributed by atoms with Gasteiger partial charge in [0, 0.05) is 5.56 Å². The fourth-order valence-electron chi connectivity index (χ4n) is 2.53. The van der Waals surface area contributed by atoms with E-state index >= 15 is 0 Å². The van der Waals surface area contributed by atoms with Gasteiger partial charge in [0.15, 0.2) is 0 Å². The number of carboxylic acids is 1. The number of hydrogen-bond donors (Lipinski definition) is 2. The zero-order valence-electron chi connectivity index (χ0n) is 15.5. The first-order chi connectivity index (χ1) is 14.5. The number of carbonyl (C=O) groups is 2. The number of nitrogens with one attached hydrogen (secondary N) is 1. The molecule has 3 aromatic carbocycles. The van der Waals surface area contributed by atoms with E-state index in [-0.39, 0.29) is 11.3 Å². The van der Waals surface area contributed by atoms with E-state index in [4.69, 9.17) is 10.00 Å². The maximum Gasteiger partial charge on any atom is 0.352 e. The van der Waals surface area contributed by atoms with E-state index < -0.39 is 11.9 Å². The second-order valence-electron chi connectivity index (χ2n) is 6.11. The van der Waals surface area contributed by atoms with E-state index in [1.165, 1.54) is 18.2 Å². The second kappa shape index (κ2) is 9.54. The molecule has 0 unspecified atom stereocenters. The third-order valence-corrected chi connectivity index (χ3v) is 4.64. The molecule has 1 amide bonds. The quantitative estimate of drug-likeness (QED) is 0.503. The predicted molar refractivity (Wildman–Crippen MR) is 115 cm³/mol. The molecule has 0 aromatic heterocycles. The minimum Gasteiger partial charge on any atom is -0.477 e. The number of carboxylic acid groups (broad SMARTS) is 1. The van der Waals surface area contributed by atoms with Gasteiger partial charge >= 0.3 is 5.97 Å². The Morgan fingerprint density at radius 2 is 1.77 bits per heavy atom. The number of nitrogens with zero attached hydrogens (tertiary/aromatic N) is 1. The monoisotopic (exact) mass is 462 g/mol. The molecule has 3 aromatic rings. The van der Waals surface area contributed by atoms with E-state index in [1.54, 1.807) is 36.4 Å². The smallest absolute Gasteiger partial charge is 0.352 e. The van der Waals surface area contributed by atoms with Crippen molar-refractivity contribution in [3.8, 4) is 17.6 Å². The van der Waals surface area contributed by atoms with Gasteiger partial charge in [-0.15, -0.1) is 0 Å². The zero-order chi connectivity index (χ0) is 21.5. The van der Waals surface area contributed by atoms with Gasteiger partial charge in [0.2, 0.25) is 0 Å². The summed E-state index contributed by atoms with van der Waals surface area (Å²) in [7, 11) is 0. The number of amides is 1. The van der Waals surface area contributed by atoms with E-state index in [9.17, 15) is 14.7 Å². The molecule has 0 bridgehead atoms. The summed E-state index contributed by atoms with van der Waals surface area (Å²) in [6.07, 6.45) is 1.34. The number of nitriles is 1. The average Bonchev–Trinajstić information content (AvgIpc) is 2.76. The van der Waals surface area contributed by atoms with Crippen LogP contribution in [0.4, 0.5) is 0 Å². The fraction of sp³-hybridized carbons (Fsp3) is 0. The van der Waals surface area contributed by atoms with Crippen molar-refractivity contribution in [3.05, 3.63) is 99.7 Å². The van der Waals surface area contributed by atoms with Crippen molar-refractivity contribution in [1.82, 2.24) is 5.32 Å². The Morgan fingerprint density at radius 3 is 2.43 bits per heavy atom. The Bertz CT molecular complexity index is 1160. The van der Waals surface area contributed by atoms with Crippen molar-refractivity contribution in [2.45, 2.75) is 0 Å². The number of carbonyl (C=O) groups excluding carboxylic acids is 1. The summed E-state index contributed by atoms with van der Waals surface area (Å²) in [5.41, 5.74) is 0.780. The molecule has 0 heterocycles. The van der Waals surface area contributed by atoms with Gasteiger partial charge < -0.3 is 15.2 Å². The minimum absolute atomic E-state index is 0.193. The number of halogens is 1. The fourth-order valence-corrected chi connectivity index (χ4v) is 2.89. The predicted octanol–water partition coefficient (Wildman–Crippen LogP) is 4.97. The van der Waals surface area contributed by atoms with Gasteiger partial charge in [-0.05, 0) is 70.0 Å². The number of benzene rings is 3. The third kappa shape index (κ3) is 5.34. The number of aliphatic carboxylic acids is 1. The molecule has 0 aliphatic heterocycles. The molecule has 0 radical (unpaired) electrons. The zero-order valence-corrected chi connectivity index (χ0v) is 17.1. The SMILES string of the molecule is N#Cc1cccc(C(=O)N/C(=C/c2ccc(Oc3ccccc3Br)cc2)C(=O)O)c1. The molecule has 6 nitrogen and oxygen atoms in total. The molecule has 3 rings (SSSR count). The van der Waals surface area contributed by atoms with Crippen LogP contribution in [0.25, 0.3) is 6.08 Å². The molecule has 0 aliphatic carbocycles. The first kappa shape index (κ1) is 20.8. The summed E-state index contributed by atoms with van der Waals surface area (Å²) < 4.78 is 6.59.